The molecule has 1 N–H and O–H groups in total. The summed E-state index contributed by atoms with van der Waals surface area (Å²) in [6.45, 7) is 2.00. The highest BCUT2D eigenvalue weighted by Gasteiger charge is 2.23. The molecule has 0 radical (unpaired) electrons. The Morgan fingerprint density at radius 2 is 1.72 bits per heavy atom. The minimum atomic E-state index is -0.544. The van der Waals surface area contributed by atoms with Crippen LogP contribution in [0.3, 0.4) is 0 Å². The molecule has 0 saturated carbocycles. The number of nitrogens with zero attached hydrogens (tertiary/aromatic N) is 1. The average molecular weight is 483 g/mol. The van der Waals surface area contributed by atoms with E-state index in [-0.39, 0.29) is 10.9 Å². The first-order valence-corrected chi connectivity index (χ1v) is 11.1. The number of aliphatic imine (C=N–C) groups is 1. The Morgan fingerprint density at radius 3 is 2.41 bits per heavy atom. The predicted octanol–water partition coefficient (Wildman–Crippen LogP) is 6.41. The maximum atomic E-state index is 12.3. The van der Waals surface area contributed by atoms with Crippen molar-refractivity contribution in [3.05, 3.63) is 98.4 Å². The van der Waals surface area contributed by atoms with Crippen molar-refractivity contribution in [2.24, 2.45) is 4.99 Å². The Balaban J connectivity index is 1.43. The normalized spacial score (nSPS) is 15.8. The minimum Gasteiger partial charge on any atom is -0.423 e. The topological polar surface area (TPSA) is 67.8 Å². The molecule has 160 valence electrons. The fourth-order valence-electron chi connectivity index (χ4n) is 2.79. The zero-order valence-corrected chi connectivity index (χ0v) is 19.1. The van der Waals surface area contributed by atoms with Crippen LogP contribution in [0.15, 0.2) is 76.6 Å². The summed E-state index contributed by atoms with van der Waals surface area (Å²) in [5.74, 6) is -0.387. The number of carbonyl (C=O) groups excluding carboxylic acids is 2. The molecular weight excluding hydrogens is 467 g/mol. The third kappa shape index (κ3) is 5.40. The van der Waals surface area contributed by atoms with Crippen LogP contribution < -0.4 is 10.1 Å². The third-order valence-corrected chi connectivity index (χ3v) is 6.11. The Hall–Kier alpha value is -3.06. The molecule has 0 aromatic heterocycles. The number of rotatable bonds is 4. The molecule has 3 aromatic rings. The summed E-state index contributed by atoms with van der Waals surface area (Å²) in [7, 11) is 0. The number of ether oxygens (including phenoxy) is 1. The van der Waals surface area contributed by atoms with Crippen LogP contribution in [-0.2, 0) is 4.79 Å². The first-order valence-electron chi connectivity index (χ1n) is 9.51. The Kier molecular flexibility index (Phi) is 6.65. The molecule has 1 fully saturated rings. The largest absolute Gasteiger partial charge is 0.423 e. The molecule has 5 nitrogen and oxygen atoms in total. The van der Waals surface area contributed by atoms with Gasteiger partial charge in [0.25, 0.3) is 5.91 Å². The van der Waals surface area contributed by atoms with Gasteiger partial charge in [0.15, 0.2) is 5.17 Å². The first kappa shape index (κ1) is 22.1. The van der Waals surface area contributed by atoms with Crippen LogP contribution in [0.5, 0.6) is 5.75 Å². The van der Waals surface area contributed by atoms with Gasteiger partial charge in [-0.2, -0.15) is 0 Å². The number of aryl methyl sites for hydroxylation is 1. The molecule has 8 heteroatoms. The molecule has 1 amide bonds. The number of esters is 1. The fraction of sp³-hybridized carbons (Fsp3) is 0.0417. The summed E-state index contributed by atoms with van der Waals surface area (Å²) in [5.41, 5.74) is 3.00. The number of carbonyl (C=O) groups is 2. The van der Waals surface area contributed by atoms with E-state index < -0.39 is 5.97 Å². The van der Waals surface area contributed by atoms with Gasteiger partial charge in [-0.1, -0.05) is 53.0 Å². The van der Waals surface area contributed by atoms with Crippen molar-refractivity contribution >= 4 is 63.8 Å². The van der Waals surface area contributed by atoms with E-state index >= 15 is 0 Å². The van der Waals surface area contributed by atoms with E-state index in [1.807, 2.05) is 31.2 Å². The van der Waals surface area contributed by atoms with Gasteiger partial charge in [0.05, 0.1) is 26.2 Å². The Bertz CT molecular complexity index is 1250. The number of amidine groups is 1. The van der Waals surface area contributed by atoms with Gasteiger partial charge >= 0.3 is 5.97 Å². The predicted molar refractivity (Wildman–Crippen MR) is 130 cm³/mol. The van der Waals surface area contributed by atoms with Gasteiger partial charge in [0.1, 0.15) is 5.75 Å². The second-order valence-electron chi connectivity index (χ2n) is 6.90. The van der Waals surface area contributed by atoms with Crippen molar-refractivity contribution in [3.8, 4) is 5.75 Å². The highest BCUT2D eigenvalue weighted by atomic mass is 35.5. The molecule has 0 bridgehead atoms. The molecule has 32 heavy (non-hydrogen) atoms. The highest BCUT2D eigenvalue weighted by Crippen LogP contribution is 2.29. The molecule has 1 heterocycles. The standard InChI is InChI=1S/C24H16Cl2N2O3S/c1-14-2-7-17(8-3-14)27-24-28-22(29)21(32-24)12-15-4-9-18(10-5-15)31-23(30)16-6-11-19(25)20(26)13-16/h2-13H,1H3,(H,27,28,29)/b21-12-. The van der Waals surface area contributed by atoms with Gasteiger partial charge in [-0.05, 0) is 72.8 Å². The molecule has 3 aromatic carbocycles. The van der Waals surface area contributed by atoms with Crippen molar-refractivity contribution < 1.29 is 14.3 Å². The van der Waals surface area contributed by atoms with Gasteiger partial charge in [0, 0.05) is 0 Å². The Morgan fingerprint density at radius 1 is 1.00 bits per heavy atom. The van der Waals surface area contributed by atoms with Crippen LogP contribution in [0.4, 0.5) is 5.69 Å². The first-order chi connectivity index (χ1) is 15.4. The number of halogens is 2. The van der Waals surface area contributed by atoms with Crippen molar-refractivity contribution in [1.29, 1.82) is 0 Å². The van der Waals surface area contributed by atoms with E-state index in [0.29, 0.717) is 26.4 Å². The third-order valence-electron chi connectivity index (χ3n) is 4.46. The van der Waals surface area contributed by atoms with Crippen molar-refractivity contribution in [1.82, 2.24) is 5.32 Å². The molecule has 0 atom stereocenters. The van der Waals surface area contributed by atoms with Crippen LogP contribution in [-0.4, -0.2) is 17.0 Å². The van der Waals surface area contributed by atoms with Crippen LogP contribution in [0.2, 0.25) is 10.0 Å². The van der Waals surface area contributed by atoms with Gasteiger partial charge in [-0.15, -0.1) is 0 Å². The summed E-state index contributed by atoms with van der Waals surface area (Å²) in [6, 6.07) is 19.1. The monoisotopic (exact) mass is 482 g/mol. The van der Waals surface area contributed by atoms with E-state index in [0.717, 1.165) is 16.8 Å². The van der Waals surface area contributed by atoms with Gasteiger partial charge in [-0.3, -0.25) is 4.79 Å². The van der Waals surface area contributed by atoms with Crippen LogP contribution in [0.25, 0.3) is 6.08 Å². The van der Waals surface area contributed by atoms with Crippen LogP contribution in [0, 0.1) is 6.92 Å². The molecule has 4 rings (SSSR count). The number of amides is 1. The van der Waals surface area contributed by atoms with Crippen molar-refractivity contribution in [2.75, 3.05) is 0 Å². The minimum absolute atomic E-state index is 0.212. The lowest BCUT2D eigenvalue weighted by atomic mass is 10.2. The van der Waals surface area contributed by atoms with Gasteiger partial charge in [0.2, 0.25) is 0 Å². The van der Waals surface area contributed by atoms with Gasteiger partial charge < -0.3 is 10.1 Å². The highest BCUT2D eigenvalue weighted by molar-refractivity contribution is 8.18. The molecule has 0 aliphatic carbocycles. The maximum Gasteiger partial charge on any atom is 0.343 e. The molecule has 0 spiro atoms. The summed E-state index contributed by atoms with van der Waals surface area (Å²) < 4.78 is 5.37. The summed E-state index contributed by atoms with van der Waals surface area (Å²) in [4.78, 5) is 29.6. The van der Waals surface area contributed by atoms with Crippen LogP contribution in [0.1, 0.15) is 21.5 Å². The van der Waals surface area contributed by atoms with E-state index in [4.69, 9.17) is 27.9 Å². The number of hydrogen-bond donors (Lipinski definition) is 1. The number of nitrogens with one attached hydrogen (secondary N) is 1. The lowest BCUT2D eigenvalue weighted by molar-refractivity contribution is -0.115. The molecule has 1 saturated heterocycles. The molecular formula is C24H16Cl2N2O3S. The van der Waals surface area contributed by atoms with Gasteiger partial charge in [-0.25, -0.2) is 9.79 Å². The maximum absolute atomic E-state index is 12.3. The summed E-state index contributed by atoms with van der Waals surface area (Å²) in [6.07, 6.45) is 1.75. The number of benzene rings is 3. The average Bonchev–Trinajstić information content (AvgIpc) is 3.11. The lowest BCUT2D eigenvalue weighted by Gasteiger charge is -2.06. The second-order valence-corrected chi connectivity index (χ2v) is 8.75. The van der Waals surface area contributed by atoms with E-state index in [9.17, 15) is 9.59 Å². The summed E-state index contributed by atoms with van der Waals surface area (Å²) in [5, 5.41) is 3.93. The van der Waals surface area contributed by atoms with Crippen molar-refractivity contribution in [3.63, 3.8) is 0 Å². The quantitative estimate of drug-likeness (QED) is 0.265. The van der Waals surface area contributed by atoms with E-state index in [1.165, 1.54) is 23.9 Å². The lowest BCUT2D eigenvalue weighted by Crippen LogP contribution is -2.19. The zero-order valence-electron chi connectivity index (χ0n) is 16.8. The SMILES string of the molecule is Cc1ccc(N=C2NC(=O)/C(=C/c3ccc(OC(=O)c4ccc(Cl)c(Cl)c4)cc3)S2)cc1. The number of thioether (sulfide) groups is 1. The smallest absolute Gasteiger partial charge is 0.343 e. The molecule has 1 aliphatic heterocycles. The summed E-state index contributed by atoms with van der Waals surface area (Å²) >= 11 is 13.1. The fourth-order valence-corrected chi connectivity index (χ4v) is 3.93. The number of hydrogen-bond acceptors (Lipinski definition) is 5. The van der Waals surface area contributed by atoms with E-state index in [1.54, 1.807) is 36.4 Å². The second kappa shape index (κ2) is 9.61. The Labute approximate surface area is 199 Å². The van der Waals surface area contributed by atoms with E-state index in [2.05, 4.69) is 10.3 Å². The zero-order chi connectivity index (χ0) is 22.7. The van der Waals surface area contributed by atoms with Crippen LogP contribution >= 0.6 is 35.0 Å². The molecule has 1 aliphatic rings. The molecule has 0 unspecified atom stereocenters. The van der Waals surface area contributed by atoms with Crippen molar-refractivity contribution in [2.45, 2.75) is 6.92 Å².